The summed E-state index contributed by atoms with van der Waals surface area (Å²) in [7, 11) is 0. The van der Waals surface area contributed by atoms with Crippen molar-refractivity contribution in [3.8, 4) is 5.75 Å². The van der Waals surface area contributed by atoms with E-state index in [0.29, 0.717) is 50.8 Å². The van der Waals surface area contributed by atoms with Crippen LogP contribution in [0.5, 0.6) is 5.75 Å². The lowest BCUT2D eigenvalue weighted by Gasteiger charge is -2.28. The molecule has 4 amide bonds. The van der Waals surface area contributed by atoms with Crippen LogP contribution in [0.1, 0.15) is 102 Å². The van der Waals surface area contributed by atoms with Gasteiger partial charge in [0, 0.05) is 6.42 Å². The molecule has 12 N–H and O–H groups in total. The summed E-state index contributed by atoms with van der Waals surface area (Å²) in [6.45, 7) is 0.774. The normalized spacial score (nSPS) is 22.9. The van der Waals surface area contributed by atoms with E-state index in [4.69, 9.17) is 17.2 Å². The Kier molecular flexibility index (Phi) is 19.1. The summed E-state index contributed by atoms with van der Waals surface area (Å²) in [5, 5.41) is 30.9. The number of ketones is 1. The van der Waals surface area contributed by atoms with Crippen molar-refractivity contribution in [3.63, 3.8) is 0 Å². The zero-order chi connectivity index (χ0) is 39.5. The summed E-state index contributed by atoms with van der Waals surface area (Å²) in [5.74, 6) is -4.66. The van der Waals surface area contributed by atoms with Gasteiger partial charge in [0.25, 0.3) is 0 Å². The second-order valence-electron chi connectivity index (χ2n) is 14.7. The highest BCUT2D eigenvalue weighted by molar-refractivity contribution is 5.96. The topological polar surface area (TPSA) is 269 Å². The number of phenolic OH excluding ortho intramolecular Hbond substituents is 1. The van der Waals surface area contributed by atoms with E-state index in [2.05, 4.69) is 21.3 Å². The van der Waals surface area contributed by atoms with Crippen LogP contribution in [-0.4, -0.2) is 88.9 Å². The van der Waals surface area contributed by atoms with Crippen LogP contribution < -0.4 is 38.5 Å². The fourth-order valence-electron chi connectivity index (χ4n) is 7.03. The van der Waals surface area contributed by atoms with Crippen molar-refractivity contribution >= 4 is 35.4 Å². The standard InChI is InChI=1S/C39H61N7O8/c40-20-8-6-14-30-36(50)45-32(15-7-9-21-41)37(51)44-31(13-5-4-12-29(42)35(49)43-30)38(52)46-33(23-26-16-18-28(47)19-17-26)34(48)24-27(39(53)54)22-25-10-2-1-3-11-25/h4-5,16-19,25,27,29-33,47H,1-3,6-15,20-24,40-42H2,(H,43,49)(H,44,51)(H,45,50)(H,46,52)(H,53,54)/t27-,29+,30+,31+,32+,33+/m1/s1. The van der Waals surface area contributed by atoms with Crippen LogP contribution in [0.4, 0.5) is 0 Å². The zero-order valence-corrected chi connectivity index (χ0v) is 31.3. The maximum absolute atomic E-state index is 14.1. The highest BCUT2D eigenvalue weighted by Gasteiger charge is 2.34. The minimum absolute atomic E-state index is 0.0183. The average molecular weight is 756 g/mol. The van der Waals surface area contributed by atoms with Gasteiger partial charge in [0.1, 0.15) is 23.9 Å². The molecule has 0 radical (unpaired) electrons. The van der Waals surface area contributed by atoms with E-state index in [1.165, 1.54) is 12.1 Å². The number of carboxylic acid groups (broad SMARTS) is 1. The number of carbonyl (C=O) groups excluding carboxylic acids is 5. The molecule has 1 saturated carbocycles. The Morgan fingerprint density at radius 1 is 0.796 bits per heavy atom. The fourth-order valence-corrected chi connectivity index (χ4v) is 7.03. The number of unbranched alkanes of at least 4 members (excludes halogenated alkanes) is 2. The number of nitrogens with two attached hydrogens (primary N) is 3. The van der Waals surface area contributed by atoms with Crippen molar-refractivity contribution in [3.05, 3.63) is 42.0 Å². The first kappa shape index (κ1) is 44.1. The smallest absolute Gasteiger partial charge is 0.306 e. The third kappa shape index (κ3) is 15.2. The Hall–Kier alpha value is -4.34. The molecule has 1 aromatic rings. The molecule has 3 rings (SSSR count). The predicted octanol–water partition coefficient (Wildman–Crippen LogP) is 1.44. The Morgan fingerprint density at radius 3 is 1.96 bits per heavy atom. The van der Waals surface area contributed by atoms with Crippen LogP contribution in [0.3, 0.4) is 0 Å². The van der Waals surface area contributed by atoms with Gasteiger partial charge in [-0.3, -0.25) is 28.8 Å². The fraction of sp³-hybridized carbons (Fsp3) is 0.641. The number of Topliss-reactive ketones (excluding diaryl/α,β-unsaturated/α-hetero) is 1. The molecule has 54 heavy (non-hydrogen) atoms. The Bertz CT molecular complexity index is 1420. The lowest BCUT2D eigenvalue weighted by molar-refractivity contribution is -0.145. The molecule has 1 aliphatic heterocycles. The summed E-state index contributed by atoms with van der Waals surface area (Å²) in [6.07, 6.45) is 11.1. The zero-order valence-electron chi connectivity index (χ0n) is 31.3. The number of phenols is 1. The molecule has 0 bridgehead atoms. The molecule has 6 atom stereocenters. The lowest BCUT2D eigenvalue weighted by atomic mass is 9.80. The number of carbonyl (C=O) groups is 6. The van der Waals surface area contributed by atoms with Gasteiger partial charge in [-0.1, -0.05) is 56.4 Å². The molecule has 15 nitrogen and oxygen atoms in total. The van der Waals surface area contributed by atoms with E-state index in [-0.39, 0.29) is 50.2 Å². The Morgan fingerprint density at radius 2 is 1.37 bits per heavy atom. The molecular weight excluding hydrogens is 694 g/mol. The molecule has 2 aliphatic rings. The van der Waals surface area contributed by atoms with Gasteiger partial charge in [-0.15, -0.1) is 0 Å². The number of hydrogen-bond acceptors (Lipinski definition) is 10. The minimum Gasteiger partial charge on any atom is -0.508 e. The average Bonchev–Trinajstić information content (AvgIpc) is 3.15. The maximum atomic E-state index is 14.1. The summed E-state index contributed by atoms with van der Waals surface area (Å²) >= 11 is 0. The monoisotopic (exact) mass is 755 g/mol. The number of aromatic hydroxyl groups is 1. The van der Waals surface area contributed by atoms with E-state index in [0.717, 1.165) is 32.1 Å². The van der Waals surface area contributed by atoms with Crippen molar-refractivity contribution in [1.29, 1.82) is 0 Å². The molecule has 0 aromatic heterocycles. The van der Waals surface area contributed by atoms with Gasteiger partial charge in [-0.2, -0.15) is 0 Å². The van der Waals surface area contributed by atoms with Crippen LogP contribution in [0.2, 0.25) is 0 Å². The number of hydrogen-bond donors (Lipinski definition) is 9. The SMILES string of the molecule is NCCCC[C@@H]1NC(=O)[C@H](CCCCN)NC(=O)[C@@H](N)CC=CC[C@@H](C(=O)N[C@@H](Cc2ccc(O)cc2)C(=O)C[C@@H](CC2CCCCC2)C(=O)O)NC1=O. The second-order valence-corrected chi connectivity index (χ2v) is 14.7. The van der Waals surface area contributed by atoms with Gasteiger partial charge < -0.3 is 48.7 Å². The van der Waals surface area contributed by atoms with Crippen molar-refractivity contribution < 1.29 is 39.0 Å². The third-order valence-corrected chi connectivity index (χ3v) is 10.3. The number of nitrogens with one attached hydrogen (secondary N) is 4. The van der Waals surface area contributed by atoms with Crippen LogP contribution in [0, 0.1) is 11.8 Å². The highest BCUT2D eigenvalue weighted by atomic mass is 16.4. The number of benzene rings is 1. The number of rotatable bonds is 18. The molecule has 0 spiro atoms. The van der Waals surface area contributed by atoms with Gasteiger partial charge in [0.15, 0.2) is 5.78 Å². The third-order valence-electron chi connectivity index (χ3n) is 10.3. The second kappa shape index (κ2) is 23.4. The van der Waals surface area contributed by atoms with Gasteiger partial charge in [0.2, 0.25) is 23.6 Å². The van der Waals surface area contributed by atoms with E-state index >= 15 is 0 Å². The lowest BCUT2D eigenvalue weighted by Crippen LogP contribution is -2.58. The van der Waals surface area contributed by atoms with Gasteiger partial charge in [-0.25, -0.2) is 0 Å². The summed E-state index contributed by atoms with van der Waals surface area (Å²) in [5.41, 5.74) is 18.1. The van der Waals surface area contributed by atoms with Crippen molar-refractivity contribution in [2.24, 2.45) is 29.0 Å². The molecule has 1 aliphatic carbocycles. The molecule has 15 heteroatoms. The van der Waals surface area contributed by atoms with Gasteiger partial charge in [0.05, 0.1) is 18.0 Å². The Labute approximate surface area is 318 Å². The van der Waals surface area contributed by atoms with E-state index in [1.54, 1.807) is 24.3 Å². The number of carboxylic acids is 1. The summed E-state index contributed by atoms with van der Waals surface area (Å²) in [6, 6.07) is 0.765. The van der Waals surface area contributed by atoms with E-state index in [9.17, 15) is 39.0 Å². The molecular formula is C39H61N7O8. The van der Waals surface area contributed by atoms with Crippen molar-refractivity contribution in [2.75, 3.05) is 13.1 Å². The number of amides is 4. The van der Waals surface area contributed by atoms with Crippen molar-refractivity contribution in [1.82, 2.24) is 21.3 Å². The largest absolute Gasteiger partial charge is 0.508 e. The van der Waals surface area contributed by atoms with Crippen LogP contribution >= 0.6 is 0 Å². The van der Waals surface area contributed by atoms with Crippen molar-refractivity contribution in [2.45, 2.75) is 133 Å². The Balaban J connectivity index is 1.89. The maximum Gasteiger partial charge on any atom is 0.306 e. The first-order chi connectivity index (χ1) is 25.9. The first-order valence-electron chi connectivity index (χ1n) is 19.5. The van der Waals surface area contributed by atoms with Crippen LogP contribution in [0.15, 0.2) is 36.4 Å². The molecule has 0 saturated heterocycles. The quantitative estimate of drug-likeness (QED) is 0.0764. The highest BCUT2D eigenvalue weighted by Crippen LogP contribution is 2.30. The van der Waals surface area contributed by atoms with Crippen LogP contribution in [-0.2, 0) is 35.2 Å². The number of aliphatic carboxylic acids is 1. The van der Waals surface area contributed by atoms with E-state index in [1.807, 2.05) is 0 Å². The molecule has 300 valence electrons. The molecule has 0 unspecified atom stereocenters. The first-order valence-corrected chi connectivity index (χ1v) is 19.5. The minimum atomic E-state index is -1.20. The predicted molar refractivity (Wildman–Crippen MR) is 204 cm³/mol. The summed E-state index contributed by atoms with van der Waals surface area (Å²) < 4.78 is 0. The summed E-state index contributed by atoms with van der Waals surface area (Å²) in [4.78, 5) is 80.6. The van der Waals surface area contributed by atoms with Gasteiger partial charge >= 0.3 is 5.97 Å². The molecule has 1 aromatic carbocycles. The van der Waals surface area contributed by atoms with Gasteiger partial charge in [-0.05, 0) is 101 Å². The van der Waals surface area contributed by atoms with E-state index < -0.39 is 71.5 Å². The van der Waals surface area contributed by atoms with Crippen LogP contribution in [0.25, 0.3) is 0 Å². The molecule has 1 fully saturated rings. The molecule has 1 heterocycles.